The van der Waals surface area contributed by atoms with Gasteiger partial charge < -0.3 is 14.2 Å². The molecule has 1 unspecified atom stereocenters. The van der Waals surface area contributed by atoms with Gasteiger partial charge in [-0.15, -0.1) is 0 Å². The molecule has 1 N–H and O–H groups in total. The van der Waals surface area contributed by atoms with Crippen LogP contribution in [0.25, 0.3) is 11.7 Å². The number of likely N-dealkylation sites (tertiary alicyclic amines) is 1. The van der Waals surface area contributed by atoms with E-state index in [1.54, 1.807) is 18.4 Å². The Labute approximate surface area is 158 Å². The fourth-order valence-electron chi connectivity index (χ4n) is 3.51. The molecule has 6 nitrogen and oxygen atoms in total. The molecular formula is C21H22N4O2. The van der Waals surface area contributed by atoms with Gasteiger partial charge in [-0.2, -0.15) is 10.2 Å². The number of nitrogens with one attached hydrogen (secondary N) is 1. The van der Waals surface area contributed by atoms with Gasteiger partial charge in [0.05, 0.1) is 12.3 Å². The highest BCUT2D eigenvalue weighted by Crippen LogP contribution is 2.29. The summed E-state index contributed by atoms with van der Waals surface area (Å²) in [6.45, 7) is 4.90. The van der Waals surface area contributed by atoms with E-state index in [1.807, 2.05) is 0 Å². The standard InChI is InChI=1S/C21H22N4O2/c1-15-6-8-16(9-7-15)18(25-10-2-3-11-25)14-23-20-17(13-22)24-21(27-20)19-5-4-12-26-19/h4-9,12,18,23H,2-3,10-11,14H2,1H3. The van der Waals surface area contributed by atoms with E-state index < -0.39 is 0 Å². The minimum absolute atomic E-state index is 0.219. The number of furan rings is 1. The maximum absolute atomic E-state index is 9.40. The van der Waals surface area contributed by atoms with E-state index in [1.165, 1.54) is 24.0 Å². The smallest absolute Gasteiger partial charge is 0.266 e. The van der Waals surface area contributed by atoms with Crippen molar-refractivity contribution in [3.05, 3.63) is 59.5 Å². The Morgan fingerprint density at radius 2 is 2.00 bits per heavy atom. The van der Waals surface area contributed by atoms with Crippen LogP contribution in [0.15, 0.2) is 51.5 Å². The summed E-state index contributed by atoms with van der Waals surface area (Å²) in [6.07, 6.45) is 3.99. The number of oxazole rings is 1. The summed E-state index contributed by atoms with van der Waals surface area (Å²) in [5.74, 6) is 1.21. The van der Waals surface area contributed by atoms with E-state index in [2.05, 4.69) is 52.5 Å². The zero-order chi connectivity index (χ0) is 18.6. The molecule has 1 fully saturated rings. The molecule has 0 aliphatic carbocycles. The number of nitrogens with zero attached hydrogens (tertiary/aromatic N) is 3. The summed E-state index contributed by atoms with van der Waals surface area (Å²) in [7, 11) is 0. The monoisotopic (exact) mass is 362 g/mol. The van der Waals surface area contributed by atoms with Crippen molar-refractivity contribution in [3.63, 3.8) is 0 Å². The molecule has 2 aromatic heterocycles. The first kappa shape index (κ1) is 17.4. The van der Waals surface area contributed by atoms with Crippen molar-refractivity contribution in [2.75, 3.05) is 25.0 Å². The van der Waals surface area contributed by atoms with Crippen LogP contribution < -0.4 is 5.32 Å². The van der Waals surface area contributed by atoms with Crippen LogP contribution in [0.2, 0.25) is 0 Å². The lowest BCUT2D eigenvalue weighted by Crippen LogP contribution is -2.31. The van der Waals surface area contributed by atoms with Crippen molar-refractivity contribution in [1.29, 1.82) is 5.26 Å². The van der Waals surface area contributed by atoms with Crippen molar-refractivity contribution in [1.82, 2.24) is 9.88 Å². The molecule has 0 saturated carbocycles. The molecule has 138 valence electrons. The average Bonchev–Trinajstić information content (AvgIpc) is 3.44. The fourth-order valence-corrected chi connectivity index (χ4v) is 3.51. The van der Waals surface area contributed by atoms with E-state index in [0.29, 0.717) is 24.1 Å². The predicted molar refractivity (Wildman–Crippen MR) is 102 cm³/mol. The lowest BCUT2D eigenvalue weighted by atomic mass is 10.0. The molecule has 3 aromatic rings. The Bertz CT molecular complexity index is 916. The number of aryl methyl sites for hydroxylation is 1. The topological polar surface area (TPSA) is 78.2 Å². The van der Waals surface area contributed by atoms with Crippen molar-refractivity contribution in [3.8, 4) is 17.7 Å². The molecule has 3 heterocycles. The summed E-state index contributed by atoms with van der Waals surface area (Å²) in [5, 5.41) is 12.7. The third kappa shape index (κ3) is 3.74. The molecule has 0 bridgehead atoms. The Morgan fingerprint density at radius 1 is 1.22 bits per heavy atom. The largest absolute Gasteiger partial charge is 0.459 e. The summed E-state index contributed by atoms with van der Waals surface area (Å²) in [5.41, 5.74) is 2.75. The van der Waals surface area contributed by atoms with Crippen LogP contribution in [0.5, 0.6) is 0 Å². The van der Waals surface area contributed by atoms with Crippen LogP contribution in [0, 0.1) is 18.3 Å². The van der Waals surface area contributed by atoms with Gasteiger partial charge >= 0.3 is 0 Å². The molecule has 0 amide bonds. The normalized spacial score (nSPS) is 15.6. The van der Waals surface area contributed by atoms with Crippen molar-refractivity contribution >= 4 is 5.88 Å². The second-order valence-corrected chi connectivity index (χ2v) is 6.84. The second-order valence-electron chi connectivity index (χ2n) is 6.84. The second kappa shape index (κ2) is 7.68. The molecule has 1 atom stereocenters. The van der Waals surface area contributed by atoms with Gasteiger partial charge in [-0.3, -0.25) is 4.90 Å². The molecule has 4 rings (SSSR count). The van der Waals surface area contributed by atoms with Crippen molar-refractivity contribution in [2.45, 2.75) is 25.8 Å². The first-order valence-corrected chi connectivity index (χ1v) is 9.24. The average molecular weight is 362 g/mol. The number of hydrogen-bond acceptors (Lipinski definition) is 6. The molecule has 0 spiro atoms. The number of anilines is 1. The van der Waals surface area contributed by atoms with E-state index >= 15 is 0 Å². The van der Waals surface area contributed by atoms with E-state index in [9.17, 15) is 5.26 Å². The minimum atomic E-state index is 0.219. The molecule has 6 heteroatoms. The van der Waals surface area contributed by atoms with Crippen LogP contribution in [-0.4, -0.2) is 29.5 Å². The zero-order valence-electron chi connectivity index (χ0n) is 15.3. The summed E-state index contributed by atoms with van der Waals surface area (Å²) >= 11 is 0. The number of hydrogen-bond donors (Lipinski definition) is 1. The zero-order valence-corrected chi connectivity index (χ0v) is 15.3. The summed E-state index contributed by atoms with van der Waals surface area (Å²) in [4.78, 5) is 6.71. The SMILES string of the molecule is Cc1ccc(C(CNc2oc(-c3ccco3)nc2C#N)N2CCCC2)cc1. The Balaban J connectivity index is 1.55. The van der Waals surface area contributed by atoms with Crippen LogP contribution >= 0.6 is 0 Å². The summed E-state index contributed by atoms with van der Waals surface area (Å²) in [6, 6.07) is 14.5. The third-order valence-corrected chi connectivity index (χ3v) is 4.96. The predicted octanol–water partition coefficient (Wildman–Crippen LogP) is 4.36. The van der Waals surface area contributed by atoms with Crippen LogP contribution in [-0.2, 0) is 0 Å². The molecule has 27 heavy (non-hydrogen) atoms. The molecule has 1 aromatic carbocycles. The van der Waals surface area contributed by atoms with Gasteiger partial charge in [0, 0.05) is 6.54 Å². The first-order valence-electron chi connectivity index (χ1n) is 9.24. The highest BCUT2D eigenvalue weighted by atomic mass is 16.4. The lowest BCUT2D eigenvalue weighted by molar-refractivity contribution is 0.255. The van der Waals surface area contributed by atoms with Crippen molar-refractivity contribution in [2.24, 2.45) is 0 Å². The minimum Gasteiger partial charge on any atom is -0.459 e. The number of aromatic nitrogens is 1. The van der Waals surface area contributed by atoms with Gasteiger partial charge in [-0.05, 0) is 50.6 Å². The van der Waals surface area contributed by atoms with E-state index in [4.69, 9.17) is 8.83 Å². The van der Waals surface area contributed by atoms with Crippen molar-refractivity contribution < 1.29 is 8.83 Å². The van der Waals surface area contributed by atoms with E-state index in [0.717, 1.165) is 13.1 Å². The highest BCUT2D eigenvalue weighted by molar-refractivity contribution is 5.54. The van der Waals surface area contributed by atoms with Gasteiger partial charge in [-0.25, -0.2) is 0 Å². The van der Waals surface area contributed by atoms with Gasteiger partial charge in [0.1, 0.15) is 6.07 Å². The molecular weight excluding hydrogens is 340 g/mol. The van der Waals surface area contributed by atoms with Gasteiger partial charge in [0.25, 0.3) is 5.89 Å². The molecule has 1 aliphatic heterocycles. The molecule has 0 radical (unpaired) electrons. The number of benzene rings is 1. The quantitative estimate of drug-likeness (QED) is 0.702. The number of rotatable bonds is 6. The fraction of sp³-hybridized carbons (Fsp3) is 0.333. The Morgan fingerprint density at radius 3 is 2.67 bits per heavy atom. The Hall–Kier alpha value is -3.04. The van der Waals surface area contributed by atoms with Crippen LogP contribution in [0.1, 0.15) is 35.7 Å². The van der Waals surface area contributed by atoms with Gasteiger partial charge in [0.2, 0.25) is 11.6 Å². The Kier molecular flexibility index (Phi) is 4.95. The van der Waals surface area contributed by atoms with Gasteiger partial charge in [0.15, 0.2) is 5.76 Å². The van der Waals surface area contributed by atoms with E-state index in [-0.39, 0.29) is 11.7 Å². The molecule has 1 aliphatic rings. The highest BCUT2D eigenvalue weighted by Gasteiger charge is 2.25. The van der Waals surface area contributed by atoms with Crippen LogP contribution in [0.4, 0.5) is 5.88 Å². The molecule has 1 saturated heterocycles. The lowest BCUT2D eigenvalue weighted by Gasteiger charge is -2.28. The van der Waals surface area contributed by atoms with Crippen LogP contribution in [0.3, 0.4) is 0 Å². The number of nitriles is 1. The maximum atomic E-state index is 9.40. The summed E-state index contributed by atoms with van der Waals surface area (Å²) < 4.78 is 11.1. The van der Waals surface area contributed by atoms with Gasteiger partial charge in [-0.1, -0.05) is 29.8 Å². The maximum Gasteiger partial charge on any atom is 0.266 e. The third-order valence-electron chi connectivity index (χ3n) is 4.96. The first-order chi connectivity index (χ1) is 13.2.